The first-order valence-corrected chi connectivity index (χ1v) is 4.94. The predicted octanol–water partition coefficient (Wildman–Crippen LogP) is 1.13. The first kappa shape index (κ1) is 8.81. The molecule has 2 fully saturated rings. The molecule has 0 bridgehead atoms. The zero-order valence-corrected chi connectivity index (χ0v) is 7.95. The topological polar surface area (TPSA) is 41.6 Å². The van der Waals surface area contributed by atoms with Crippen molar-refractivity contribution in [3.8, 4) is 0 Å². The van der Waals surface area contributed by atoms with E-state index in [9.17, 15) is 4.79 Å². The van der Waals surface area contributed by atoms with Crippen LogP contribution in [0.5, 0.6) is 0 Å². The molecule has 1 atom stereocenters. The van der Waals surface area contributed by atoms with E-state index in [2.05, 4.69) is 5.43 Å². The standard InChI is InChI=1S/C9H16N2O2/c1-11-6-8(13-9(12)10-11)7-4-2-3-5-7/h7-8H,2-6H2,1H3,(H,10,12). The van der Waals surface area contributed by atoms with Gasteiger partial charge in [0.05, 0.1) is 6.54 Å². The van der Waals surface area contributed by atoms with Crippen molar-refractivity contribution in [2.45, 2.75) is 31.8 Å². The smallest absolute Gasteiger partial charge is 0.422 e. The van der Waals surface area contributed by atoms with Crippen LogP contribution in [0.1, 0.15) is 25.7 Å². The van der Waals surface area contributed by atoms with Gasteiger partial charge in [0, 0.05) is 7.05 Å². The van der Waals surface area contributed by atoms with Gasteiger partial charge in [0.15, 0.2) is 0 Å². The molecule has 1 amide bonds. The summed E-state index contributed by atoms with van der Waals surface area (Å²) < 4.78 is 5.25. The summed E-state index contributed by atoms with van der Waals surface area (Å²) in [5, 5.41) is 1.81. The van der Waals surface area contributed by atoms with E-state index >= 15 is 0 Å². The molecule has 4 nitrogen and oxygen atoms in total. The first-order chi connectivity index (χ1) is 6.25. The zero-order chi connectivity index (χ0) is 9.26. The van der Waals surface area contributed by atoms with Gasteiger partial charge in [-0.05, 0) is 18.8 Å². The minimum Gasteiger partial charge on any atom is -0.444 e. The molecular formula is C9H16N2O2. The second-order valence-corrected chi connectivity index (χ2v) is 3.98. The molecule has 0 aromatic carbocycles. The molecular weight excluding hydrogens is 168 g/mol. The number of rotatable bonds is 1. The Morgan fingerprint density at radius 3 is 2.77 bits per heavy atom. The molecule has 74 valence electrons. The third-order valence-corrected chi connectivity index (χ3v) is 2.92. The van der Waals surface area contributed by atoms with Crippen molar-refractivity contribution in [2.24, 2.45) is 5.92 Å². The molecule has 13 heavy (non-hydrogen) atoms. The van der Waals surface area contributed by atoms with Gasteiger partial charge in [-0.3, -0.25) is 5.43 Å². The SMILES string of the molecule is CN1CC(C2CCCC2)OC(=O)N1. The first-order valence-electron chi connectivity index (χ1n) is 4.94. The Balaban J connectivity index is 1.94. The Kier molecular flexibility index (Phi) is 2.40. The Labute approximate surface area is 78.2 Å². The van der Waals surface area contributed by atoms with Crippen LogP contribution < -0.4 is 5.43 Å². The minimum absolute atomic E-state index is 0.112. The molecule has 0 aromatic rings. The van der Waals surface area contributed by atoms with E-state index in [1.54, 1.807) is 0 Å². The molecule has 1 N–H and O–H groups in total. The molecule has 2 rings (SSSR count). The highest BCUT2D eigenvalue weighted by Crippen LogP contribution is 2.30. The maximum absolute atomic E-state index is 11.1. The zero-order valence-electron chi connectivity index (χ0n) is 7.95. The number of hydrogen-bond acceptors (Lipinski definition) is 3. The summed E-state index contributed by atoms with van der Waals surface area (Å²) in [6.45, 7) is 0.816. The van der Waals surface area contributed by atoms with E-state index in [0.29, 0.717) is 5.92 Å². The van der Waals surface area contributed by atoms with Crippen molar-refractivity contribution >= 4 is 6.09 Å². The van der Waals surface area contributed by atoms with Gasteiger partial charge in [-0.1, -0.05) is 12.8 Å². The summed E-state index contributed by atoms with van der Waals surface area (Å²) in [5.41, 5.74) is 2.60. The lowest BCUT2D eigenvalue weighted by Crippen LogP contribution is -2.53. The van der Waals surface area contributed by atoms with Gasteiger partial charge in [-0.2, -0.15) is 0 Å². The minimum atomic E-state index is -0.300. The number of carbonyl (C=O) groups is 1. The number of carbonyl (C=O) groups excluding carboxylic acids is 1. The Hall–Kier alpha value is -0.770. The Bertz CT molecular complexity index is 202. The Morgan fingerprint density at radius 1 is 1.46 bits per heavy atom. The molecule has 0 aromatic heterocycles. The normalized spacial score (nSPS) is 31.5. The third kappa shape index (κ3) is 1.94. The number of ether oxygens (including phenoxy) is 1. The van der Waals surface area contributed by atoms with Crippen LogP contribution in [0.25, 0.3) is 0 Å². The average Bonchev–Trinajstić information content (AvgIpc) is 2.53. The molecule has 1 unspecified atom stereocenters. The lowest BCUT2D eigenvalue weighted by Gasteiger charge is -2.33. The molecule has 0 spiro atoms. The van der Waals surface area contributed by atoms with Gasteiger partial charge in [0.25, 0.3) is 0 Å². The van der Waals surface area contributed by atoms with Gasteiger partial charge >= 0.3 is 6.09 Å². The van der Waals surface area contributed by atoms with Crippen molar-refractivity contribution in [3.63, 3.8) is 0 Å². The second-order valence-electron chi connectivity index (χ2n) is 3.98. The third-order valence-electron chi connectivity index (χ3n) is 2.92. The monoisotopic (exact) mass is 184 g/mol. The number of nitrogens with zero attached hydrogens (tertiary/aromatic N) is 1. The number of hydrogen-bond donors (Lipinski definition) is 1. The average molecular weight is 184 g/mol. The maximum Gasteiger partial charge on any atom is 0.422 e. The van der Waals surface area contributed by atoms with E-state index in [0.717, 1.165) is 6.54 Å². The molecule has 0 radical (unpaired) electrons. The molecule has 4 heteroatoms. The lowest BCUT2D eigenvalue weighted by molar-refractivity contribution is -0.0126. The summed E-state index contributed by atoms with van der Waals surface area (Å²) in [6.07, 6.45) is 4.82. The molecule has 1 aliphatic heterocycles. The highest BCUT2D eigenvalue weighted by molar-refractivity contribution is 5.67. The summed E-state index contributed by atoms with van der Waals surface area (Å²) in [4.78, 5) is 11.1. The fourth-order valence-electron chi connectivity index (χ4n) is 2.25. The van der Waals surface area contributed by atoms with Crippen LogP contribution >= 0.6 is 0 Å². The van der Waals surface area contributed by atoms with Crippen molar-refractivity contribution in [1.82, 2.24) is 10.4 Å². The maximum atomic E-state index is 11.1. The molecule has 1 heterocycles. The van der Waals surface area contributed by atoms with Gasteiger partial charge in [-0.15, -0.1) is 0 Å². The summed E-state index contributed by atoms with van der Waals surface area (Å²) in [7, 11) is 1.88. The van der Waals surface area contributed by atoms with Gasteiger partial charge in [-0.25, -0.2) is 9.80 Å². The number of hydrazine groups is 1. The number of likely N-dealkylation sites (N-methyl/N-ethyl adjacent to an activating group) is 1. The molecule has 2 aliphatic rings. The van der Waals surface area contributed by atoms with E-state index in [1.807, 2.05) is 12.1 Å². The van der Waals surface area contributed by atoms with Crippen LogP contribution in [0.4, 0.5) is 4.79 Å². The summed E-state index contributed by atoms with van der Waals surface area (Å²) >= 11 is 0. The van der Waals surface area contributed by atoms with Crippen molar-refractivity contribution < 1.29 is 9.53 Å². The van der Waals surface area contributed by atoms with E-state index in [-0.39, 0.29) is 12.2 Å². The van der Waals surface area contributed by atoms with Crippen molar-refractivity contribution in [3.05, 3.63) is 0 Å². The lowest BCUT2D eigenvalue weighted by atomic mass is 10.0. The molecule has 1 saturated heterocycles. The highest BCUT2D eigenvalue weighted by Gasteiger charge is 2.32. The molecule has 1 saturated carbocycles. The summed E-state index contributed by atoms with van der Waals surface area (Å²) in [6, 6.07) is 0. The van der Waals surface area contributed by atoms with Gasteiger partial charge in [0.2, 0.25) is 0 Å². The van der Waals surface area contributed by atoms with Crippen molar-refractivity contribution in [1.29, 1.82) is 0 Å². The highest BCUT2D eigenvalue weighted by atomic mass is 16.6. The van der Waals surface area contributed by atoms with E-state index < -0.39 is 0 Å². The van der Waals surface area contributed by atoms with Crippen molar-refractivity contribution in [2.75, 3.05) is 13.6 Å². The fraction of sp³-hybridized carbons (Fsp3) is 0.889. The van der Waals surface area contributed by atoms with Crippen LogP contribution in [-0.4, -0.2) is 30.8 Å². The number of amides is 1. The second kappa shape index (κ2) is 3.54. The van der Waals surface area contributed by atoms with Crippen LogP contribution in [0.2, 0.25) is 0 Å². The molecule has 1 aliphatic carbocycles. The van der Waals surface area contributed by atoms with Crippen LogP contribution in [0.3, 0.4) is 0 Å². The number of cyclic esters (lactones) is 1. The predicted molar refractivity (Wildman–Crippen MR) is 48.0 cm³/mol. The van der Waals surface area contributed by atoms with Crippen LogP contribution in [0, 0.1) is 5.92 Å². The summed E-state index contributed by atoms with van der Waals surface area (Å²) in [5.74, 6) is 0.591. The fourth-order valence-corrected chi connectivity index (χ4v) is 2.25. The van der Waals surface area contributed by atoms with E-state index in [4.69, 9.17) is 4.74 Å². The quantitative estimate of drug-likeness (QED) is 0.664. The van der Waals surface area contributed by atoms with Gasteiger partial charge in [0.1, 0.15) is 6.10 Å². The van der Waals surface area contributed by atoms with Crippen LogP contribution in [-0.2, 0) is 4.74 Å². The van der Waals surface area contributed by atoms with E-state index in [1.165, 1.54) is 25.7 Å². The number of nitrogens with one attached hydrogen (secondary N) is 1. The van der Waals surface area contributed by atoms with Crippen LogP contribution in [0.15, 0.2) is 0 Å². The van der Waals surface area contributed by atoms with Gasteiger partial charge < -0.3 is 4.74 Å². The largest absolute Gasteiger partial charge is 0.444 e. The Morgan fingerprint density at radius 2 is 2.15 bits per heavy atom.